The van der Waals surface area contributed by atoms with Crippen molar-refractivity contribution in [1.82, 2.24) is 10.3 Å². The Balaban J connectivity index is 1.88. The summed E-state index contributed by atoms with van der Waals surface area (Å²) in [6, 6.07) is 1.92. The smallest absolute Gasteiger partial charge is 0.254 e. The average Bonchev–Trinajstić information content (AvgIpc) is 3.19. The van der Waals surface area contributed by atoms with Gasteiger partial charge in [0.15, 0.2) is 0 Å². The summed E-state index contributed by atoms with van der Waals surface area (Å²) in [6.45, 7) is 5.51. The highest BCUT2D eigenvalue weighted by molar-refractivity contribution is 5.99. The molecule has 0 atom stereocenters. The van der Waals surface area contributed by atoms with Crippen LogP contribution < -0.4 is 10.6 Å². The van der Waals surface area contributed by atoms with Crippen LogP contribution in [0.25, 0.3) is 0 Å². The Morgan fingerprint density at radius 3 is 2.95 bits per heavy atom. The quantitative estimate of drug-likeness (QED) is 0.742. The van der Waals surface area contributed by atoms with Gasteiger partial charge in [-0.05, 0) is 38.7 Å². The molecule has 0 bridgehead atoms. The Labute approximate surface area is 115 Å². The van der Waals surface area contributed by atoms with Crippen molar-refractivity contribution in [2.75, 3.05) is 18.4 Å². The van der Waals surface area contributed by atoms with E-state index < -0.39 is 0 Å². The van der Waals surface area contributed by atoms with Crippen molar-refractivity contribution in [2.24, 2.45) is 5.92 Å². The summed E-state index contributed by atoms with van der Waals surface area (Å²) in [7, 11) is 0. The second-order valence-corrected chi connectivity index (χ2v) is 5.24. The molecule has 0 aromatic carbocycles. The van der Waals surface area contributed by atoms with Crippen molar-refractivity contribution in [1.29, 1.82) is 0 Å². The molecule has 1 aliphatic rings. The fourth-order valence-electron chi connectivity index (χ4n) is 2.17. The summed E-state index contributed by atoms with van der Waals surface area (Å²) >= 11 is 0. The van der Waals surface area contributed by atoms with Crippen molar-refractivity contribution in [3.05, 3.63) is 23.5 Å². The lowest BCUT2D eigenvalue weighted by Crippen LogP contribution is -2.25. The van der Waals surface area contributed by atoms with Crippen LogP contribution in [0.15, 0.2) is 12.3 Å². The van der Waals surface area contributed by atoms with E-state index in [4.69, 9.17) is 0 Å². The standard InChI is InChI=1S/C15H23N3O/c1-3-16-14-9-11(2)18-10-13(14)15(19)17-8-4-5-12-6-7-12/h9-10,12H,3-8H2,1-2H3,(H,16,18)(H,17,19). The molecular formula is C15H23N3O. The van der Waals surface area contributed by atoms with E-state index in [1.165, 1.54) is 19.3 Å². The Morgan fingerprint density at radius 1 is 1.47 bits per heavy atom. The first-order valence-electron chi connectivity index (χ1n) is 7.19. The zero-order valence-corrected chi connectivity index (χ0v) is 11.8. The number of amides is 1. The van der Waals surface area contributed by atoms with E-state index in [0.717, 1.165) is 36.8 Å². The van der Waals surface area contributed by atoms with Crippen LogP contribution in [0, 0.1) is 12.8 Å². The normalized spacial score (nSPS) is 14.2. The molecule has 1 fully saturated rings. The number of rotatable bonds is 7. The van der Waals surface area contributed by atoms with E-state index in [1.54, 1.807) is 6.20 Å². The number of aromatic nitrogens is 1. The number of pyridine rings is 1. The molecule has 104 valence electrons. The second kappa shape index (κ2) is 6.55. The lowest BCUT2D eigenvalue weighted by molar-refractivity contribution is 0.0953. The number of hydrogen-bond acceptors (Lipinski definition) is 3. The molecule has 1 amide bonds. The van der Waals surface area contributed by atoms with Crippen LogP contribution in [-0.2, 0) is 0 Å². The van der Waals surface area contributed by atoms with Crippen molar-refractivity contribution < 1.29 is 4.79 Å². The monoisotopic (exact) mass is 261 g/mol. The van der Waals surface area contributed by atoms with Crippen LogP contribution in [0.4, 0.5) is 5.69 Å². The topological polar surface area (TPSA) is 54.0 Å². The van der Waals surface area contributed by atoms with Gasteiger partial charge < -0.3 is 10.6 Å². The maximum Gasteiger partial charge on any atom is 0.254 e. The predicted octanol–water partition coefficient (Wildman–Crippen LogP) is 2.74. The number of nitrogens with zero attached hydrogens (tertiary/aromatic N) is 1. The fourth-order valence-corrected chi connectivity index (χ4v) is 2.17. The van der Waals surface area contributed by atoms with Gasteiger partial charge in [-0.1, -0.05) is 12.8 Å². The Hall–Kier alpha value is -1.58. The lowest BCUT2D eigenvalue weighted by atomic mass is 10.2. The SMILES string of the molecule is CCNc1cc(C)ncc1C(=O)NCCCC1CC1. The van der Waals surface area contributed by atoms with Crippen molar-refractivity contribution in [2.45, 2.75) is 39.5 Å². The lowest BCUT2D eigenvalue weighted by Gasteiger charge is -2.11. The molecule has 1 aliphatic carbocycles. The Bertz CT molecular complexity index is 441. The Kier molecular flexibility index (Phi) is 4.77. The summed E-state index contributed by atoms with van der Waals surface area (Å²) in [5.74, 6) is 0.898. The van der Waals surface area contributed by atoms with E-state index in [1.807, 2.05) is 19.9 Å². The molecule has 1 aromatic rings. The molecule has 0 spiro atoms. The zero-order valence-electron chi connectivity index (χ0n) is 11.8. The van der Waals surface area contributed by atoms with Gasteiger partial charge in [0, 0.05) is 25.0 Å². The van der Waals surface area contributed by atoms with Crippen LogP contribution in [0.5, 0.6) is 0 Å². The summed E-state index contributed by atoms with van der Waals surface area (Å²) in [4.78, 5) is 16.3. The van der Waals surface area contributed by atoms with Gasteiger partial charge in [-0.2, -0.15) is 0 Å². The molecule has 1 saturated carbocycles. The molecular weight excluding hydrogens is 238 g/mol. The van der Waals surface area contributed by atoms with Gasteiger partial charge >= 0.3 is 0 Å². The number of carbonyl (C=O) groups is 1. The van der Waals surface area contributed by atoms with Crippen molar-refractivity contribution in [3.63, 3.8) is 0 Å². The van der Waals surface area contributed by atoms with E-state index in [9.17, 15) is 4.79 Å². The number of hydrogen-bond donors (Lipinski definition) is 2. The highest BCUT2D eigenvalue weighted by Crippen LogP contribution is 2.33. The van der Waals surface area contributed by atoms with Crippen LogP contribution in [0.1, 0.15) is 48.7 Å². The molecule has 0 unspecified atom stereocenters. The van der Waals surface area contributed by atoms with Crippen LogP contribution in [0.3, 0.4) is 0 Å². The number of carbonyl (C=O) groups excluding carboxylic acids is 1. The maximum absolute atomic E-state index is 12.1. The number of anilines is 1. The van der Waals surface area contributed by atoms with E-state index in [-0.39, 0.29) is 5.91 Å². The maximum atomic E-state index is 12.1. The minimum absolute atomic E-state index is 0.0285. The summed E-state index contributed by atoms with van der Waals surface area (Å²) in [5, 5.41) is 6.20. The van der Waals surface area contributed by atoms with Gasteiger partial charge in [0.2, 0.25) is 0 Å². The summed E-state index contributed by atoms with van der Waals surface area (Å²) in [5.41, 5.74) is 2.43. The molecule has 19 heavy (non-hydrogen) atoms. The predicted molar refractivity (Wildman–Crippen MR) is 77.4 cm³/mol. The largest absolute Gasteiger partial charge is 0.385 e. The Morgan fingerprint density at radius 2 is 2.26 bits per heavy atom. The summed E-state index contributed by atoms with van der Waals surface area (Å²) in [6.07, 6.45) is 6.73. The third kappa shape index (κ3) is 4.23. The van der Waals surface area contributed by atoms with Crippen molar-refractivity contribution >= 4 is 11.6 Å². The molecule has 0 saturated heterocycles. The average molecular weight is 261 g/mol. The van der Waals surface area contributed by atoms with Gasteiger partial charge in [-0.3, -0.25) is 9.78 Å². The van der Waals surface area contributed by atoms with E-state index in [2.05, 4.69) is 15.6 Å². The molecule has 4 heteroatoms. The molecule has 2 rings (SSSR count). The van der Waals surface area contributed by atoms with Crippen molar-refractivity contribution in [3.8, 4) is 0 Å². The van der Waals surface area contributed by atoms with Gasteiger partial charge in [0.1, 0.15) is 0 Å². The minimum Gasteiger partial charge on any atom is -0.385 e. The van der Waals surface area contributed by atoms with E-state index >= 15 is 0 Å². The highest BCUT2D eigenvalue weighted by Gasteiger charge is 2.20. The zero-order chi connectivity index (χ0) is 13.7. The first-order chi connectivity index (χ1) is 9.20. The summed E-state index contributed by atoms with van der Waals surface area (Å²) < 4.78 is 0. The molecule has 2 N–H and O–H groups in total. The molecule has 1 heterocycles. The fraction of sp³-hybridized carbons (Fsp3) is 0.600. The first kappa shape index (κ1) is 13.8. The molecule has 1 aromatic heterocycles. The van der Waals surface area contributed by atoms with Gasteiger partial charge in [-0.25, -0.2) is 0 Å². The third-order valence-corrected chi connectivity index (χ3v) is 3.42. The van der Waals surface area contributed by atoms with Gasteiger partial charge in [0.05, 0.1) is 11.3 Å². The molecule has 0 radical (unpaired) electrons. The number of nitrogens with one attached hydrogen (secondary N) is 2. The number of aryl methyl sites for hydroxylation is 1. The highest BCUT2D eigenvalue weighted by atomic mass is 16.1. The second-order valence-electron chi connectivity index (χ2n) is 5.24. The molecule has 0 aliphatic heterocycles. The third-order valence-electron chi connectivity index (χ3n) is 3.42. The van der Waals surface area contributed by atoms with Gasteiger partial charge in [0.25, 0.3) is 5.91 Å². The van der Waals surface area contributed by atoms with Crippen LogP contribution in [0.2, 0.25) is 0 Å². The van der Waals surface area contributed by atoms with Crippen LogP contribution >= 0.6 is 0 Å². The van der Waals surface area contributed by atoms with Crippen LogP contribution in [-0.4, -0.2) is 24.0 Å². The van der Waals surface area contributed by atoms with Gasteiger partial charge in [-0.15, -0.1) is 0 Å². The minimum atomic E-state index is -0.0285. The van der Waals surface area contributed by atoms with E-state index in [0.29, 0.717) is 5.56 Å². The molecule has 4 nitrogen and oxygen atoms in total. The first-order valence-corrected chi connectivity index (χ1v) is 7.19.